The Hall–Kier alpha value is -2.60. The molecule has 4 rings (SSSR count). The fourth-order valence-electron chi connectivity index (χ4n) is 4.86. The number of H-pyrrole nitrogens is 1. The Labute approximate surface area is 200 Å². The molecule has 0 saturated carbocycles. The number of halogens is 1. The SMILES string of the molecule is CC(C)(C)c1[nH]c2ccccc2c1C1CCCN(Cc2ccc(C=CC(=O)NO)cc2Cl)C1. The van der Waals surface area contributed by atoms with Crippen LogP contribution in [0.1, 0.15) is 61.9 Å². The number of benzene rings is 2. The molecule has 1 aromatic heterocycles. The van der Waals surface area contributed by atoms with Crippen molar-refractivity contribution in [2.45, 2.75) is 51.5 Å². The van der Waals surface area contributed by atoms with Gasteiger partial charge in [0.05, 0.1) is 0 Å². The Balaban J connectivity index is 1.55. The number of para-hydroxylation sites is 1. The Bertz CT molecular complexity index is 1180. The normalized spacial score (nSPS) is 17.7. The van der Waals surface area contributed by atoms with Crippen LogP contribution in [0.5, 0.6) is 0 Å². The van der Waals surface area contributed by atoms with Gasteiger partial charge in [-0.15, -0.1) is 0 Å². The summed E-state index contributed by atoms with van der Waals surface area (Å²) in [6.07, 6.45) is 5.24. The van der Waals surface area contributed by atoms with Crippen LogP contribution >= 0.6 is 11.6 Å². The molecule has 0 spiro atoms. The predicted molar refractivity (Wildman–Crippen MR) is 135 cm³/mol. The van der Waals surface area contributed by atoms with Crippen molar-refractivity contribution in [2.24, 2.45) is 0 Å². The van der Waals surface area contributed by atoms with Crippen molar-refractivity contribution in [3.63, 3.8) is 0 Å². The number of hydrogen-bond donors (Lipinski definition) is 3. The topological polar surface area (TPSA) is 68.4 Å². The highest BCUT2D eigenvalue weighted by Gasteiger charge is 2.30. The highest BCUT2D eigenvalue weighted by molar-refractivity contribution is 6.31. The number of fused-ring (bicyclic) bond motifs is 1. The van der Waals surface area contributed by atoms with Gasteiger partial charge in [-0.05, 0) is 60.2 Å². The molecule has 0 bridgehead atoms. The summed E-state index contributed by atoms with van der Waals surface area (Å²) in [6.45, 7) is 9.69. The van der Waals surface area contributed by atoms with E-state index in [2.05, 4.69) is 54.9 Å². The second kappa shape index (κ2) is 9.72. The molecule has 3 N–H and O–H groups in total. The number of hydrogen-bond acceptors (Lipinski definition) is 3. The van der Waals surface area contributed by atoms with Crippen LogP contribution in [0.15, 0.2) is 48.5 Å². The average Bonchev–Trinajstić information content (AvgIpc) is 3.19. The molecule has 1 aliphatic heterocycles. The fraction of sp³-hybridized carbons (Fsp3) is 0.370. The standard InChI is InChI=1S/C27H32ClN3O2/c1-27(2,3)26-25(21-8-4-5-9-23(21)29-26)20-7-6-14-31(17-20)16-19-12-10-18(15-22(19)28)11-13-24(32)30-33/h4-5,8-13,15,20,29,33H,6-7,14,16-17H2,1-3H3,(H,30,32). The van der Waals surface area contributed by atoms with Gasteiger partial charge in [-0.25, -0.2) is 5.48 Å². The van der Waals surface area contributed by atoms with Crippen molar-refractivity contribution >= 4 is 34.5 Å². The molecule has 33 heavy (non-hydrogen) atoms. The number of hydroxylamine groups is 1. The summed E-state index contributed by atoms with van der Waals surface area (Å²) >= 11 is 6.58. The lowest BCUT2D eigenvalue weighted by molar-refractivity contribution is -0.124. The van der Waals surface area contributed by atoms with Crippen LogP contribution in [0.25, 0.3) is 17.0 Å². The summed E-state index contributed by atoms with van der Waals surface area (Å²) in [5.74, 6) is -0.0939. The first kappa shape index (κ1) is 23.6. The van der Waals surface area contributed by atoms with Gasteiger partial charge in [-0.3, -0.25) is 14.9 Å². The molecule has 1 amide bonds. The summed E-state index contributed by atoms with van der Waals surface area (Å²) in [5, 5.41) is 10.6. The van der Waals surface area contributed by atoms with E-state index in [1.807, 2.05) is 18.2 Å². The molecule has 1 aliphatic rings. The molecule has 1 unspecified atom stereocenters. The fourth-order valence-corrected chi connectivity index (χ4v) is 5.11. The van der Waals surface area contributed by atoms with Crippen molar-refractivity contribution < 1.29 is 10.0 Å². The number of nitrogens with one attached hydrogen (secondary N) is 2. The van der Waals surface area contributed by atoms with Crippen LogP contribution in [-0.2, 0) is 16.8 Å². The maximum Gasteiger partial charge on any atom is 0.267 e. The van der Waals surface area contributed by atoms with Crippen molar-refractivity contribution in [3.05, 3.63) is 75.9 Å². The number of piperidine rings is 1. The van der Waals surface area contributed by atoms with Gasteiger partial charge in [0.15, 0.2) is 0 Å². The maximum atomic E-state index is 11.2. The van der Waals surface area contributed by atoms with E-state index >= 15 is 0 Å². The highest BCUT2D eigenvalue weighted by atomic mass is 35.5. The van der Waals surface area contributed by atoms with Gasteiger partial charge in [0.2, 0.25) is 0 Å². The zero-order valence-electron chi connectivity index (χ0n) is 19.5. The third-order valence-corrected chi connectivity index (χ3v) is 6.77. The Kier molecular flexibility index (Phi) is 6.94. The van der Waals surface area contributed by atoms with Gasteiger partial charge < -0.3 is 4.98 Å². The molecule has 2 heterocycles. The molecular weight excluding hydrogens is 434 g/mol. The van der Waals surface area contributed by atoms with E-state index in [-0.39, 0.29) is 5.41 Å². The maximum absolute atomic E-state index is 11.2. The Morgan fingerprint density at radius 2 is 2.06 bits per heavy atom. The van der Waals surface area contributed by atoms with Crippen LogP contribution in [0.2, 0.25) is 5.02 Å². The van der Waals surface area contributed by atoms with Gasteiger partial charge in [-0.2, -0.15) is 0 Å². The molecule has 1 atom stereocenters. The summed E-state index contributed by atoms with van der Waals surface area (Å²) in [7, 11) is 0. The van der Waals surface area contributed by atoms with Crippen molar-refractivity contribution in [2.75, 3.05) is 13.1 Å². The Morgan fingerprint density at radius 3 is 2.79 bits per heavy atom. The van der Waals surface area contributed by atoms with Gasteiger partial charge in [0.25, 0.3) is 5.91 Å². The van der Waals surface area contributed by atoms with Gasteiger partial charge in [-0.1, -0.05) is 62.7 Å². The zero-order valence-corrected chi connectivity index (χ0v) is 20.2. The minimum Gasteiger partial charge on any atom is -0.358 e. The van der Waals surface area contributed by atoms with Crippen molar-refractivity contribution in [1.82, 2.24) is 15.4 Å². The smallest absolute Gasteiger partial charge is 0.267 e. The van der Waals surface area contributed by atoms with Crippen LogP contribution in [0.3, 0.4) is 0 Å². The molecule has 2 aromatic carbocycles. The zero-order chi connectivity index (χ0) is 23.6. The number of rotatable bonds is 5. The molecule has 0 aliphatic carbocycles. The van der Waals surface area contributed by atoms with E-state index in [9.17, 15) is 4.79 Å². The molecule has 1 saturated heterocycles. The number of amides is 1. The van der Waals surface area contributed by atoms with Gasteiger partial charge in [0.1, 0.15) is 0 Å². The first-order chi connectivity index (χ1) is 15.8. The Morgan fingerprint density at radius 1 is 1.27 bits per heavy atom. The summed E-state index contributed by atoms with van der Waals surface area (Å²) in [5.41, 5.74) is 7.57. The average molecular weight is 466 g/mol. The van der Waals surface area contributed by atoms with E-state index in [1.165, 1.54) is 34.7 Å². The lowest BCUT2D eigenvalue weighted by Crippen LogP contribution is -2.34. The summed E-state index contributed by atoms with van der Waals surface area (Å²) in [4.78, 5) is 17.4. The summed E-state index contributed by atoms with van der Waals surface area (Å²) in [6, 6.07) is 14.5. The minimum absolute atomic E-state index is 0.0518. The van der Waals surface area contributed by atoms with E-state index in [4.69, 9.17) is 16.8 Å². The predicted octanol–water partition coefficient (Wildman–Crippen LogP) is 6.02. The molecule has 6 heteroatoms. The molecule has 0 radical (unpaired) electrons. The van der Waals surface area contributed by atoms with Crippen molar-refractivity contribution in [1.29, 1.82) is 0 Å². The second-order valence-corrected chi connectivity index (χ2v) is 10.4. The molecule has 5 nitrogen and oxygen atoms in total. The third-order valence-electron chi connectivity index (χ3n) is 6.42. The number of aromatic nitrogens is 1. The minimum atomic E-state index is -0.568. The highest BCUT2D eigenvalue weighted by Crippen LogP contribution is 2.40. The van der Waals surface area contributed by atoms with E-state index < -0.39 is 5.91 Å². The number of carbonyl (C=O) groups excluding carboxylic acids is 1. The van der Waals surface area contributed by atoms with E-state index in [0.29, 0.717) is 10.9 Å². The molecule has 174 valence electrons. The first-order valence-electron chi connectivity index (χ1n) is 11.5. The van der Waals surface area contributed by atoms with E-state index in [1.54, 1.807) is 11.6 Å². The van der Waals surface area contributed by atoms with Crippen LogP contribution in [0.4, 0.5) is 0 Å². The third kappa shape index (κ3) is 5.32. The van der Waals surface area contributed by atoms with Crippen LogP contribution in [-0.4, -0.2) is 34.1 Å². The number of likely N-dealkylation sites (tertiary alicyclic amines) is 1. The van der Waals surface area contributed by atoms with Gasteiger partial charge in [0, 0.05) is 46.2 Å². The number of aromatic amines is 1. The van der Waals surface area contributed by atoms with Gasteiger partial charge >= 0.3 is 0 Å². The lowest BCUT2D eigenvalue weighted by atomic mass is 9.81. The molecular formula is C27H32ClN3O2. The monoisotopic (exact) mass is 465 g/mol. The first-order valence-corrected chi connectivity index (χ1v) is 11.9. The number of carbonyl (C=O) groups is 1. The largest absolute Gasteiger partial charge is 0.358 e. The lowest BCUT2D eigenvalue weighted by Gasteiger charge is -2.34. The summed E-state index contributed by atoms with van der Waals surface area (Å²) < 4.78 is 0. The van der Waals surface area contributed by atoms with Crippen LogP contribution < -0.4 is 5.48 Å². The van der Waals surface area contributed by atoms with E-state index in [0.717, 1.165) is 37.2 Å². The van der Waals surface area contributed by atoms with Crippen molar-refractivity contribution in [3.8, 4) is 0 Å². The number of nitrogens with zero attached hydrogens (tertiary/aromatic N) is 1. The molecule has 3 aromatic rings. The second-order valence-electron chi connectivity index (χ2n) is 9.94. The molecule has 1 fully saturated rings. The quantitative estimate of drug-likeness (QED) is 0.245. The van der Waals surface area contributed by atoms with Crippen LogP contribution in [0, 0.1) is 0 Å².